The van der Waals surface area contributed by atoms with Crippen LogP contribution in [0.4, 0.5) is 17.1 Å². The SMILES string of the molecule is Ic1ccc2c(c1)c1cc(N(c3ccccc3)c3ccc4c(c3)c3ccccc3n4-c3ccccc3)ccc1n2-c1ccccc1. The van der Waals surface area contributed by atoms with Gasteiger partial charge in [0.1, 0.15) is 0 Å². The molecule has 218 valence electrons. The summed E-state index contributed by atoms with van der Waals surface area (Å²) >= 11 is 2.42. The van der Waals surface area contributed by atoms with Crippen molar-refractivity contribution in [3.8, 4) is 11.4 Å². The van der Waals surface area contributed by atoms with Gasteiger partial charge in [-0.1, -0.05) is 72.8 Å². The number of halogens is 1. The third kappa shape index (κ3) is 4.32. The Morgan fingerprint density at radius 1 is 0.348 bits per heavy atom. The summed E-state index contributed by atoms with van der Waals surface area (Å²) < 4.78 is 5.97. The highest BCUT2D eigenvalue weighted by Crippen LogP contribution is 2.42. The number of hydrogen-bond donors (Lipinski definition) is 0. The van der Waals surface area contributed by atoms with Crippen molar-refractivity contribution < 1.29 is 0 Å². The lowest BCUT2D eigenvalue weighted by atomic mass is 10.1. The largest absolute Gasteiger partial charge is 0.310 e. The molecule has 0 aliphatic rings. The summed E-state index contributed by atoms with van der Waals surface area (Å²) in [5, 5.41) is 4.96. The van der Waals surface area contributed by atoms with Crippen LogP contribution in [-0.2, 0) is 0 Å². The summed E-state index contributed by atoms with van der Waals surface area (Å²) in [5.74, 6) is 0. The summed E-state index contributed by atoms with van der Waals surface area (Å²) in [5.41, 5.74) is 10.5. The summed E-state index contributed by atoms with van der Waals surface area (Å²) in [6, 6.07) is 61.2. The highest BCUT2D eigenvalue weighted by Gasteiger charge is 2.19. The summed E-state index contributed by atoms with van der Waals surface area (Å²) in [6.07, 6.45) is 0. The molecule has 0 spiro atoms. The van der Waals surface area contributed by atoms with Crippen LogP contribution in [0.2, 0.25) is 0 Å². The number of aromatic nitrogens is 2. The van der Waals surface area contributed by atoms with E-state index in [1.165, 1.54) is 47.2 Å². The molecule has 0 saturated carbocycles. The fourth-order valence-corrected chi connectivity index (χ4v) is 7.45. The monoisotopic (exact) mass is 701 g/mol. The van der Waals surface area contributed by atoms with Crippen LogP contribution < -0.4 is 4.90 Å². The zero-order chi connectivity index (χ0) is 30.6. The van der Waals surface area contributed by atoms with Crippen molar-refractivity contribution in [1.29, 1.82) is 0 Å². The van der Waals surface area contributed by atoms with Crippen LogP contribution >= 0.6 is 22.6 Å². The second-order valence-electron chi connectivity index (χ2n) is 11.6. The standard InChI is InChI=1S/C42H28IN3/c43-29-20-23-40-36(26-29)38-28-34(22-25-42(38)46(40)32-16-8-3-9-17-32)44(30-12-4-1-5-13-30)33-21-24-41-37(27-33)35-18-10-11-19-39(35)45(41)31-14-6-2-7-15-31/h1-28H. The van der Waals surface area contributed by atoms with Gasteiger partial charge in [0.05, 0.1) is 22.1 Å². The van der Waals surface area contributed by atoms with Gasteiger partial charge in [-0.05, 0) is 120 Å². The minimum absolute atomic E-state index is 1.12. The van der Waals surface area contributed by atoms with E-state index in [0.717, 1.165) is 28.4 Å². The number of nitrogens with zero attached hydrogens (tertiary/aromatic N) is 3. The topological polar surface area (TPSA) is 13.1 Å². The molecule has 2 aromatic heterocycles. The normalized spacial score (nSPS) is 11.6. The minimum atomic E-state index is 1.12. The number of fused-ring (bicyclic) bond motifs is 6. The average molecular weight is 702 g/mol. The highest BCUT2D eigenvalue weighted by atomic mass is 127. The first-order chi connectivity index (χ1) is 22.7. The molecule has 4 heteroatoms. The molecule has 0 fully saturated rings. The highest BCUT2D eigenvalue weighted by molar-refractivity contribution is 14.1. The Morgan fingerprint density at radius 3 is 1.37 bits per heavy atom. The van der Waals surface area contributed by atoms with Crippen molar-refractivity contribution in [2.45, 2.75) is 0 Å². The molecule has 0 unspecified atom stereocenters. The molecule has 0 atom stereocenters. The van der Waals surface area contributed by atoms with Crippen molar-refractivity contribution in [1.82, 2.24) is 9.13 Å². The lowest BCUT2D eigenvalue weighted by Crippen LogP contribution is -2.09. The van der Waals surface area contributed by atoms with Crippen LogP contribution in [-0.4, -0.2) is 9.13 Å². The Morgan fingerprint density at radius 2 is 0.783 bits per heavy atom. The molecule has 7 aromatic carbocycles. The Hall–Kier alpha value is -5.33. The van der Waals surface area contributed by atoms with Gasteiger partial charge >= 0.3 is 0 Å². The molecule has 3 nitrogen and oxygen atoms in total. The van der Waals surface area contributed by atoms with Gasteiger partial charge in [0.2, 0.25) is 0 Å². The van der Waals surface area contributed by atoms with Gasteiger partial charge in [-0.25, -0.2) is 0 Å². The molecule has 2 heterocycles. The van der Waals surface area contributed by atoms with Crippen LogP contribution in [0.25, 0.3) is 55.0 Å². The van der Waals surface area contributed by atoms with E-state index < -0.39 is 0 Å². The van der Waals surface area contributed by atoms with Crippen molar-refractivity contribution in [2.24, 2.45) is 0 Å². The van der Waals surface area contributed by atoms with Crippen molar-refractivity contribution >= 4 is 83.3 Å². The number of rotatable bonds is 5. The van der Waals surface area contributed by atoms with E-state index in [1.807, 2.05) is 0 Å². The van der Waals surface area contributed by atoms with Gasteiger partial charge in [0.15, 0.2) is 0 Å². The maximum atomic E-state index is 2.42. The first-order valence-corrected chi connectivity index (χ1v) is 16.6. The van der Waals surface area contributed by atoms with E-state index in [0.29, 0.717) is 0 Å². The van der Waals surface area contributed by atoms with E-state index in [2.05, 4.69) is 206 Å². The lowest BCUT2D eigenvalue weighted by Gasteiger charge is -2.26. The molecular formula is C42H28IN3. The van der Waals surface area contributed by atoms with Crippen LogP contribution in [0.15, 0.2) is 170 Å². The maximum Gasteiger partial charge on any atom is 0.0542 e. The Bertz CT molecular complexity index is 2530. The first-order valence-electron chi connectivity index (χ1n) is 15.5. The molecule has 0 saturated heterocycles. The summed E-state index contributed by atoms with van der Waals surface area (Å²) in [6.45, 7) is 0. The maximum absolute atomic E-state index is 2.42. The Kier molecular flexibility index (Phi) is 6.42. The van der Waals surface area contributed by atoms with E-state index in [4.69, 9.17) is 0 Å². The van der Waals surface area contributed by atoms with Crippen molar-refractivity contribution in [2.75, 3.05) is 4.90 Å². The third-order valence-electron chi connectivity index (χ3n) is 8.93. The molecule has 0 aliphatic carbocycles. The first kappa shape index (κ1) is 27.0. The van der Waals surface area contributed by atoms with Crippen LogP contribution in [0.5, 0.6) is 0 Å². The van der Waals surface area contributed by atoms with Crippen molar-refractivity contribution in [3.05, 3.63) is 173 Å². The average Bonchev–Trinajstić information content (AvgIpc) is 3.61. The van der Waals surface area contributed by atoms with Gasteiger partial charge in [-0.15, -0.1) is 0 Å². The molecule has 0 radical (unpaired) electrons. The molecule has 0 bridgehead atoms. The number of hydrogen-bond acceptors (Lipinski definition) is 1. The minimum Gasteiger partial charge on any atom is -0.310 e. The number of benzene rings is 7. The molecule has 9 aromatic rings. The van der Waals surface area contributed by atoms with Crippen molar-refractivity contribution in [3.63, 3.8) is 0 Å². The second-order valence-corrected chi connectivity index (χ2v) is 12.8. The molecule has 46 heavy (non-hydrogen) atoms. The zero-order valence-electron chi connectivity index (χ0n) is 24.9. The Labute approximate surface area is 280 Å². The Balaban J connectivity index is 1.29. The molecule has 0 aliphatic heterocycles. The van der Waals surface area contributed by atoms with Gasteiger partial charge in [0, 0.05) is 53.6 Å². The quantitative estimate of drug-likeness (QED) is 0.163. The van der Waals surface area contributed by atoms with Crippen LogP contribution in [0, 0.1) is 3.57 Å². The lowest BCUT2D eigenvalue weighted by molar-refractivity contribution is 1.18. The summed E-state index contributed by atoms with van der Waals surface area (Å²) in [7, 11) is 0. The number of para-hydroxylation sites is 4. The smallest absolute Gasteiger partial charge is 0.0542 e. The molecule has 0 N–H and O–H groups in total. The van der Waals surface area contributed by atoms with Gasteiger partial charge in [-0.2, -0.15) is 0 Å². The van der Waals surface area contributed by atoms with Gasteiger partial charge < -0.3 is 14.0 Å². The van der Waals surface area contributed by atoms with Gasteiger partial charge in [-0.3, -0.25) is 0 Å². The zero-order valence-corrected chi connectivity index (χ0v) is 27.0. The van der Waals surface area contributed by atoms with E-state index in [1.54, 1.807) is 0 Å². The number of anilines is 3. The second kappa shape index (κ2) is 10.9. The third-order valence-corrected chi connectivity index (χ3v) is 9.60. The predicted molar refractivity (Wildman–Crippen MR) is 203 cm³/mol. The van der Waals surface area contributed by atoms with E-state index >= 15 is 0 Å². The molecule has 0 amide bonds. The molecule has 9 rings (SSSR count). The van der Waals surface area contributed by atoms with Crippen LogP contribution in [0.3, 0.4) is 0 Å². The molecular weight excluding hydrogens is 673 g/mol. The van der Waals surface area contributed by atoms with Crippen LogP contribution in [0.1, 0.15) is 0 Å². The summed E-state index contributed by atoms with van der Waals surface area (Å²) in [4.78, 5) is 2.38. The van der Waals surface area contributed by atoms with E-state index in [9.17, 15) is 0 Å². The van der Waals surface area contributed by atoms with E-state index in [-0.39, 0.29) is 0 Å². The van der Waals surface area contributed by atoms with Gasteiger partial charge in [0.25, 0.3) is 0 Å². The fourth-order valence-electron chi connectivity index (χ4n) is 6.96. The predicted octanol–water partition coefficient (Wildman–Crippen LogP) is 12.0. The fraction of sp³-hybridized carbons (Fsp3) is 0.